The predicted octanol–water partition coefficient (Wildman–Crippen LogP) is 0.179. The molecule has 0 saturated heterocycles. The number of carboxylic acids is 1. The number of nitrogens with zero attached hydrogens (tertiary/aromatic N) is 2. The molecule has 4 N–H and O–H groups in total. The molecule has 0 aromatic carbocycles. The Balaban J connectivity index is 3.02. The molecule has 1 unspecified atom stereocenters. The van der Waals surface area contributed by atoms with Gasteiger partial charge in [0.1, 0.15) is 0 Å². The number of aromatic carboxylic acids is 1. The van der Waals surface area contributed by atoms with Crippen molar-refractivity contribution >= 4 is 17.5 Å². The van der Waals surface area contributed by atoms with Crippen LogP contribution in [0.5, 0.6) is 0 Å². The lowest BCUT2D eigenvalue weighted by Gasteiger charge is -2.21. The first-order chi connectivity index (χ1) is 7.41. The molecule has 1 heterocycles. The third-order valence-corrected chi connectivity index (χ3v) is 2.02. The van der Waals surface area contributed by atoms with E-state index in [1.54, 1.807) is 18.9 Å². The molecule has 6 heteroatoms. The van der Waals surface area contributed by atoms with Crippen molar-refractivity contribution in [3.8, 4) is 0 Å². The van der Waals surface area contributed by atoms with E-state index in [9.17, 15) is 9.90 Å². The minimum atomic E-state index is -1.10. The zero-order valence-corrected chi connectivity index (χ0v) is 9.21. The van der Waals surface area contributed by atoms with Gasteiger partial charge in [0, 0.05) is 13.6 Å². The number of likely N-dealkylation sites (N-methyl/N-ethyl adjacent to an activating group) is 1. The summed E-state index contributed by atoms with van der Waals surface area (Å²) in [6, 6.07) is 2.84. The zero-order valence-electron chi connectivity index (χ0n) is 9.21. The Bertz CT molecular complexity index is 393. The molecule has 1 rings (SSSR count). The summed E-state index contributed by atoms with van der Waals surface area (Å²) in [5, 5.41) is 18.0. The van der Waals surface area contributed by atoms with Crippen LogP contribution in [0.2, 0.25) is 0 Å². The second kappa shape index (κ2) is 4.80. The number of nitrogens with two attached hydrogens (primary N) is 1. The van der Waals surface area contributed by atoms with Gasteiger partial charge in [-0.3, -0.25) is 0 Å². The van der Waals surface area contributed by atoms with Crippen molar-refractivity contribution < 1.29 is 15.0 Å². The van der Waals surface area contributed by atoms with Gasteiger partial charge >= 0.3 is 5.97 Å². The van der Waals surface area contributed by atoms with Gasteiger partial charge in [0.2, 0.25) is 0 Å². The van der Waals surface area contributed by atoms with E-state index in [-0.39, 0.29) is 5.69 Å². The summed E-state index contributed by atoms with van der Waals surface area (Å²) in [7, 11) is 1.69. The normalized spacial score (nSPS) is 12.2. The quantitative estimate of drug-likeness (QED) is 0.676. The summed E-state index contributed by atoms with van der Waals surface area (Å²) in [6.07, 6.45) is -0.542. The third kappa shape index (κ3) is 2.83. The number of anilines is 2. The van der Waals surface area contributed by atoms with Gasteiger partial charge in [-0.25, -0.2) is 9.78 Å². The van der Waals surface area contributed by atoms with Crippen molar-refractivity contribution in [3.63, 3.8) is 0 Å². The second-order valence-corrected chi connectivity index (χ2v) is 3.64. The van der Waals surface area contributed by atoms with Crippen LogP contribution >= 0.6 is 0 Å². The van der Waals surface area contributed by atoms with E-state index < -0.39 is 12.1 Å². The van der Waals surface area contributed by atoms with E-state index in [2.05, 4.69) is 4.98 Å². The maximum atomic E-state index is 10.7. The highest BCUT2D eigenvalue weighted by molar-refractivity contribution is 5.86. The van der Waals surface area contributed by atoms with Crippen molar-refractivity contribution in [2.75, 3.05) is 24.2 Å². The van der Waals surface area contributed by atoms with Crippen molar-refractivity contribution in [3.05, 3.63) is 17.8 Å². The van der Waals surface area contributed by atoms with Gasteiger partial charge in [-0.1, -0.05) is 0 Å². The Labute approximate surface area is 93.3 Å². The molecular formula is C10H15N3O3. The molecule has 1 aromatic rings. The Morgan fingerprint density at radius 1 is 1.62 bits per heavy atom. The molecule has 0 spiro atoms. The Morgan fingerprint density at radius 3 is 2.75 bits per heavy atom. The van der Waals surface area contributed by atoms with Crippen LogP contribution in [0.25, 0.3) is 0 Å². The Morgan fingerprint density at radius 2 is 2.25 bits per heavy atom. The molecule has 0 aliphatic heterocycles. The number of aromatic nitrogens is 1. The van der Waals surface area contributed by atoms with E-state index in [1.807, 2.05) is 0 Å². The van der Waals surface area contributed by atoms with Crippen molar-refractivity contribution in [2.24, 2.45) is 0 Å². The fourth-order valence-corrected chi connectivity index (χ4v) is 1.37. The lowest BCUT2D eigenvalue weighted by molar-refractivity contribution is 0.0690. The highest BCUT2D eigenvalue weighted by atomic mass is 16.4. The smallest absolute Gasteiger partial charge is 0.354 e. The van der Waals surface area contributed by atoms with Crippen LogP contribution in [-0.2, 0) is 0 Å². The predicted molar refractivity (Wildman–Crippen MR) is 60.6 cm³/mol. The molecule has 0 fully saturated rings. The maximum absolute atomic E-state index is 10.7. The summed E-state index contributed by atoms with van der Waals surface area (Å²) in [4.78, 5) is 16.3. The summed E-state index contributed by atoms with van der Waals surface area (Å²) in [6.45, 7) is 1.97. The van der Waals surface area contributed by atoms with E-state index in [1.165, 1.54) is 12.1 Å². The second-order valence-electron chi connectivity index (χ2n) is 3.64. The monoisotopic (exact) mass is 225 g/mol. The molecule has 88 valence electrons. The van der Waals surface area contributed by atoms with Crippen LogP contribution in [0.4, 0.5) is 11.5 Å². The van der Waals surface area contributed by atoms with Gasteiger partial charge in [-0.2, -0.15) is 0 Å². The topological polar surface area (TPSA) is 99.7 Å². The fourth-order valence-electron chi connectivity index (χ4n) is 1.37. The van der Waals surface area contributed by atoms with Gasteiger partial charge in [0.15, 0.2) is 11.5 Å². The number of aliphatic hydroxyl groups excluding tert-OH is 1. The Kier molecular flexibility index (Phi) is 3.68. The Hall–Kier alpha value is -1.82. The molecule has 1 aromatic heterocycles. The lowest BCUT2D eigenvalue weighted by atomic mass is 10.3. The molecule has 0 saturated carbocycles. The first kappa shape index (κ1) is 12.3. The molecular weight excluding hydrogens is 210 g/mol. The largest absolute Gasteiger partial charge is 0.477 e. The standard InChI is InChI=1S/C10H15N3O3/c1-6(14)5-13(2)9-7(11)3-4-8(12-9)10(15)16/h3-4,6,14H,5,11H2,1-2H3,(H,15,16). The number of carbonyl (C=O) groups is 1. The number of hydrogen-bond acceptors (Lipinski definition) is 5. The number of aliphatic hydroxyl groups is 1. The number of pyridine rings is 1. The maximum Gasteiger partial charge on any atom is 0.354 e. The number of hydrogen-bond donors (Lipinski definition) is 3. The summed E-state index contributed by atoms with van der Waals surface area (Å²) in [5.41, 5.74) is 6.00. The average molecular weight is 225 g/mol. The SMILES string of the molecule is CC(O)CN(C)c1nc(C(=O)O)ccc1N. The van der Waals surface area contributed by atoms with Gasteiger partial charge in [0.05, 0.1) is 11.8 Å². The highest BCUT2D eigenvalue weighted by Crippen LogP contribution is 2.19. The molecule has 0 aliphatic rings. The van der Waals surface area contributed by atoms with Gasteiger partial charge < -0.3 is 20.8 Å². The van der Waals surface area contributed by atoms with Gasteiger partial charge in [-0.05, 0) is 19.1 Å². The minimum absolute atomic E-state index is 0.0679. The van der Waals surface area contributed by atoms with Crippen LogP contribution in [-0.4, -0.2) is 40.9 Å². The molecule has 1 atom stereocenters. The van der Waals surface area contributed by atoms with E-state index in [4.69, 9.17) is 10.8 Å². The van der Waals surface area contributed by atoms with Crippen LogP contribution in [0, 0.1) is 0 Å². The highest BCUT2D eigenvalue weighted by Gasteiger charge is 2.13. The molecule has 0 radical (unpaired) electrons. The first-order valence-electron chi connectivity index (χ1n) is 4.81. The van der Waals surface area contributed by atoms with Crippen LogP contribution in [0.3, 0.4) is 0 Å². The number of rotatable bonds is 4. The van der Waals surface area contributed by atoms with E-state index in [0.717, 1.165) is 0 Å². The molecule has 0 amide bonds. The average Bonchev–Trinajstić information content (AvgIpc) is 2.16. The van der Waals surface area contributed by atoms with Crippen LogP contribution in [0.1, 0.15) is 17.4 Å². The van der Waals surface area contributed by atoms with E-state index in [0.29, 0.717) is 18.1 Å². The van der Waals surface area contributed by atoms with Crippen molar-refractivity contribution in [1.82, 2.24) is 4.98 Å². The van der Waals surface area contributed by atoms with Gasteiger partial charge in [0.25, 0.3) is 0 Å². The molecule has 16 heavy (non-hydrogen) atoms. The van der Waals surface area contributed by atoms with Gasteiger partial charge in [-0.15, -0.1) is 0 Å². The van der Waals surface area contributed by atoms with Crippen molar-refractivity contribution in [2.45, 2.75) is 13.0 Å². The molecule has 6 nitrogen and oxygen atoms in total. The fraction of sp³-hybridized carbons (Fsp3) is 0.400. The summed E-state index contributed by atoms with van der Waals surface area (Å²) >= 11 is 0. The first-order valence-corrected chi connectivity index (χ1v) is 4.81. The lowest BCUT2D eigenvalue weighted by Crippen LogP contribution is -2.28. The van der Waals surface area contributed by atoms with Crippen molar-refractivity contribution in [1.29, 1.82) is 0 Å². The van der Waals surface area contributed by atoms with Crippen LogP contribution < -0.4 is 10.6 Å². The third-order valence-electron chi connectivity index (χ3n) is 2.02. The summed E-state index contributed by atoms with van der Waals surface area (Å²) < 4.78 is 0. The molecule has 0 bridgehead atoms. The summed E-state index contributed by atoms with van der Waals surface area (Å²) in [5.74, 6) is -0.743. The van der Waals surface area contributed by atoms with E-state index >= 15 is 0 Å². The number of carboxylic acid groups (broad SMARTS) is 1. The number of nitrogen functional groups attached to an aromatic ring is 1. The molecule has 0 aliphatic carbocycles. The zero-order chi connectivity index (χ0) is 12.3. The minimum Gasteiger partial charge on any atom is -0.477 e. The van der Waals surface area contributed by atoms with Crippen LogP contribution in [0.15, 0.2) is 12.1 Å².